The van der Waals surface area contributed by atoms with Crippen molar-refractivity contribution in [3.63, 3.8) is 0 Å². The predicted molar refractivity (Wildman–Crippen MR) is 64.5 cm³/mol. The molecule has 0 unspecified atom stereocenters. The lowest BCUT2D eigenvalue weighted by molar-refractivity contribution is 0.0949. The Hall–Kier alpha value is -1.82. The number of halogens is 2. The van der Waals surface area contributed by atoms with E-state index in [0.717, 1.165) is 23.9 Å². The van der Waals surface area contributed by atoms with Gasteiger partial charge in [-0.3, -0.25) is 4.79 Å². The molecule has 0 fully saturated rings. The molecule has 1 N–H and O–H groups in total. The SMILES string of the molecule is O=C(NCCc1cscn1)c1cc(F)ccc1F. The summed E-state index contributed by atoms with van der Waals surface area (Å²) in [4.78, 5) is 15.7. The minimum Gasteiger partial charge on any atom is -0.352 e. The Bertz CT molecular complexity index is 543. The first kappa shape index (κ1) is 12.6. The molecular weight excluding hydrogens is 258 g/mol. The molecule has 18 heavy (non-hydrogen) atoms. The van der Waals surface area contributed by atoms with Gasteiger partial charge in [-0.25, -0.2) is 13.8 Å². The Morgan fingerprint density at radius 2 is 2.22 bits per heavy atom. The normalized spacial score (nSPS) is 10.3. The van der Waals surface area contributed by atoms with Crippen LogP contribution in [0.4, 0.5) is 8.78 Å². The van der Waals surface area contributed by atoms with Gasteiger partial charge in [0, 0.05) is 18.3 Å². The standard InChI is InChI=1S/C12H10F2N2OS/c13-8-1-2-11(14)10(5-8)12(17)15-4-3-9-6-18-7-16-9/h1-2,5-7H,3-4H2,(H,15,17). The maximum absolute atomic E-state index is 13.3. The van der Waals surface area contributed by atoms with Gasteiger partial charge < -0.3 is 5.32 Å². The maximum Gasteiger partial charge on any atom is 0.254 e. The van der Waals surface area contributed by atoms with Gasteiger partial charge in [-0.15, -0.1) is 11.3 Å². The van der Waals surface area contributed by atoms with E-state index in [2.05, 4.69) is 10.3 Å². The number of nitrogens with one attached hydrogen (secondary N) is 1. The second kappa shape index (κ2) is 5.68. The minimum absolute atomic E-state index is 0.284. The van der Waals surface area contributed by atoms with Crippen LogP contribution >= 0.6 is 11.3 Å². The molecule has 1 amide bonds. The summed E-state index contributed by atoms with van der Waals surface area (Å²) in [7, 11) is 0. The summed E-state index contributed by atoms with van der Waals surface area (Å²) < 4.78 is 26.2. The Morgan fingerprint density at radius 1 is 1.39 bits per heavy atom. The first-order valence-corrected chi connectivity index (χ1v) is 6.21. The lowest BCUT2D eigenvalue weighted by Crippen LogP contribution is -2.26. The number of nitrogens with zero attached hydrogens (tertiary/aromatic N) is 1. The highest BCUT2D eigenvalue weighted by atomic mass is 32.1. The van der Waals surface area contributed by atoms with Gasteiger partial charge in [0.2, 0.25) is 0 Å². The van der Waals surface area contributed by atoms with Gasteiger partial charge in [-0.2, -0.15) is 0 Å². The highest BCUT2D eigenvalue weighted by Crippen LogP contribution is 2.09. The third kappa shape index (κ3) is 3.10. The molecule has 0 aliphatic rings. The molecule has 94 valence electrons. The van der Waals surface area contributed by atoms with E-state index in [4.69, 9.17) is 0 Å². The highest BCUT2D eigenvalue weighted by Gasteiger charge is 2.12. The lowest BCUT2D eigenvalue weighted by Gasteiger charge is -2.05. The van der Waals surface area contributed by atoms with Crippen molar-refractivity contribution in [1.29, 1.82) is 0 Å². The second-order valence-corrected chi connectivity index (χ2v) is 4.33. The third-order valence-corrected chi connectivity index (χ3v) is 2.96. The number of amides is 1. The van der Waals surface area contributed by atoms with Crippen LogP contribution in [-0.4, -0.2) is 17.4 Å². The topological polar surface area (TPSA) is 42.0 Å². The molecule has 2 aromatic rings. The van der Waals surface area contributed by atoms with Crippen LogP contribution in [0.15, 0.2) is 29.1 Å². The molecule has 0 atom stereocenters. The van der Waals surface area contributed by atoms with Crippen LogP contribution in [-0.2, 0) is 6.42 Å². The largest absolute Gasteiger partial charge is 0.352 e. The minimum atomic E-state index is -0.734. The van der Waals surface area contributed by atoms with E-state index < -0.39 is 17.5 Å². The lowest BCUT2D eigenvalue weighted by atomic mass is 10.2. The Labute approximate surface area is 106 Å². The first-order chi connectivity index (χ1) is 8.66. The third-order valence-electron chi connectivity index (χ3n) is 2.32. The van der Waals surface area contributed by atoms with Crippen LogP contribution in [0.2, 0.25) is 0 Å². The number of benzene rings is 1. The smallest absolute Gasteiger partial charge is 0.254 e. The van der Waals surface area contributed by atoms with E-state index >= 15 is 0 Å². The number of hydrogen-bond donors (Lipinski definition) is 1. The fourth-order valence-corrected chi connectivity index (χ4v) is 2.02. The van der Waals surface area contributed by atoms with Gasteiger partial charge >= 0.3 is 0 Å². The average molecular weight is 268 g/mol. The second-order valence-electron chi connectivity index (χ2n) is 3.61. The molecule has 0 aliphatic heterocycles. The molecule has 0 aliphatic carbocycles. The van der Waals surface area contributed by atoms with Gasteiger partial charge in [0.05, 0.1) is 16.8 Å². The van der Waals surface area contributed by atoms with Gasteiger partial charge in [-0.1, -0.05) is 0 Å². The number of carbonyl (C=O) groups excluding carboxylic acids is 1. The summed E-state index contributed by atoms with van der Waals surface area (Å²) in [6.07, 6.45) is 0.562. The molecule has 1 aromatic carbocycles. The van der Waals surface area contributed by atoms with E-state index in [0.29, 0.717) is 13.0 Å². The zero-order valence-electron chi connectivity index (χ0n) is 9.32. The number of aromatic nitrogens is 1. The van der Waals surface area contributed by atoms with E-state index in [1.807, 2.05) is 5.38 Å². The van der Waals surface area contributed by atoms with E-state index in [1.165, 1.54) is 11.3 Å². The van der Waals surface area contributed by atoms with Crippen molar-refractivity contribution in [2.75, 3.05) is 6.54 Å². The molecule has 0 radical (unpaired) electrons. The average Bonchev–Trinajstić information content (AvgIpc) is 2.85. The summed E-state index contributed by atoms with van der Waals surface area (Å²) in [5, 5.41) is 4.39. The van der Waals surface area contributed by atoms with Crippen LogP contribution in [0.1, 0.15) is 16.1 Å². The molecule has 6 heteroatoms. The highest BCUT2D eigenvalue weighted by molar-refractivity contribution is 7.07. The fourth-order valence-electron chi connectivity index (χ4n) is 1.43. The Morgan fingerprint density at radius 3 is 2.94 bits per heavy atom. The zero-order chi connectivity index (χ0) is 13.0. The van der Waals surface area contributed by atoms with Crippen molar-refractivity contribution < 1.29 is 13.6 Å². The fraction of sp³-hybridized carbons (Fsp3) is 0.167. The summed E-state index contributed by atoms with van der Waals surface area (Å²) >= 11 is 1.47. The van der Waals surface area contributed by atoms with Crippen molar-refractivity contribution in [1.82, 2.24) is 10.3 Å². The molecular formula is C12H10F2N2OS. The van der Waals surface area contributed by atoms with Crippen molar-refractivity contribution in [3.8, 4) is 0 Å². The number of thiazole rings is 1. The van der Waals surface area contributed by atoms with E-state index in [9.17, 15) is 13.6 Å². The van der Waals surface area contributed by atoms with Crippen LogP contribution in [0.5, 0.6) is 0 Å². The monoisotopic (exact) mass is 268 g/mol. The van der Waals surface area contributed by atoms with Crippen LogP contribution < -0.4 is 5.32 Å². The first-order valence-electron chi connectivity index (χ1n) is 5.27. The van der Waals surface area contributed by atoms with E-state index in [-0.39, 0.29) is 5.56 Å². The summed E-state index contributed by atoms with van der Waals surface area (Å²) in [5.74, 6) is -1.99. The zero-order valence-corrected chi connectivity index (χ0v) is 10.1. The molecule has 1 aromatic heterocycles. The molecule has 3 nitrogen and oxygen atoms in total. The van der Waals surface area contributed by atoms with Crippen LogP contribution in [0.3, 0.4) is 0 Å². The van der Waals surface area contributed by atoms with Gasteiger partial charge in [-0.05, 0) is 18.2 Å². The molecule has 0 saturated heterocycles. The Balaban J connectivity index is 1.93. The van der Waals surface area contributed by atoms with Gasteiger partial charge in [0.15, 0.2) is 0 Å². The van der Waals surface area contributed by atoms with Crippen LogP contribution in [0.25, 0.3) is 0 Å². The maximum atomic E-state index is 13.3. The quantitative estimate of drug-likeness (QED) is 0.925. The van der Waals surface area contributed by atoms with Gasteiger partial charge in [0.1, 0.15) is 11.6 Å². The molecule has 1 heterocycles. The number of hydrogen-bond acceptors (Lipinski definition) is 3. The summed E-state index contributed by atoms with van der Waals surface area (Å²) in [6, 6.07) is 2.79. The molecule has 0 saturated carbocycles. The predicted octanol–water partition coefficient (Wildman–Crippen LogP) is 2.39. The molecule has 0 spiro atoms. The molecule has 2 rings (SSSR count). The van der Waals surface area contributed by atoms with Gasteiger partial charge in [0.25, 0.3) is 5.91 Å². The number of carbonyl (C=O) groups is 1. The summed E-state index contributed by atoms with van der Waals surface area (Å²) in [5.41, 5.74) is 2.27. The molecule has 0 bridgehead atoms. The van der Waals surface area contributed by atoms with E-state index in [1.54, 1.807) is 5.51 Å². The van der Waals surface area contributed by atoms with Crippen molar-refractivity contribution >= 4 is 17.2 Å². The van der Waals surface area contributed by atoms with Crippen molar-refractivity contribution in [2.45, 2.75) is 6.42 Å². The van der Waals surface area contributed by atoms with Crippen LogP contribution in [0, 0.1) is 11.6 Å². The number of rotatable bonds is 4. The Kier molecular flexibility index (Phi) is 3.99. The van der Waals surface area contributed by atoms with Crippen molar-refractivity contribution in [2.24, 2.45) is 0 Å². The van der Waals surface area contributed by atoms with Crippen molar-refractivity contribution in [3.05, 3.63) is 52.0 Å². The summed E-state index contributed by atoms with van der Waals surface area (Å²) in [6.45, 7) is 0.332.